The number of hydrogen-bond donors (Lipinski definition) is 0. The highest BCUT2D eigenvalue weighted by molar-refractivity contribution is 5.82. The van der Waals surface area contributed by atoms with Crippen LogP contribution in [0.25, 0.3) is 0 Å². The predicted octanol–water partition coefficient (Wildman–Crippen LogP) is 3.34. The molecule has 4 atom stereocenters. The Balaban J connectivity index is 2.12. The standard InChI is InChI=1S/C14H24O2/c1-3-5-8-11(15)14-10-7-6-9-13(10)16-12(14)4-2/h10,12-14H,3-9H2,1-2H3/t10-,12-,13+,14+/m1/s1/i12D. The highest BCUT2D eigenvalue weighted by Crippen LogP contribution is 2.44. The highest BCUT2D eigenvalue weighted by Gasteiger charge is 2.48. The van der Waals surface area contributed by atoms with E-state index in [1.165, 1.54) is 0 Å². The van der Waals surface area contributed by atoms with E-state index in [0.717, 1.165) is 32.1 Å². The third kappa shape index (κ3) is 2.17. The zero-order valence-electron chi connectivity index (χ0n) is 11.5. The molecule has 2 nitrogen and oxygen atoms in total. The number of carbonyl (C=O) groups excluding carboxylic acids is 1. The average Bonchev–Trinajstić information content (AvgIpc) is 2.84. The summed E-state index contributed by atoms with van der Waals surface area (Å²) < 4.78 is 14.3. The van der Waals surface area contributed by atoms with Gasteiger partial charge < -0.3 is 4.74 Å². The molecule has 0 aromatic heterocycles. The maximum Gasteiger partial charge on any atom is 0.138 e. The minimum atomic E-state index is -0.930. The summed E-state index contributed by atoms with van der Waals surface area (Å²) in [5.74, 6) is 0.446. The molecule has 0 bridgehead atoms. The van der Waals surface area contributed by atoms with Gasteiger partial charge in [0.15, 0.2) is 0 Å². The van der Waals surface area contributed by atoms with Crippen LogP contribution in [0.4, 0.5) is 0 Å². The first-order valence-electron chi connectivity index (χ1n) is 7.33. The second-order valence-corrected chi connectivity index (χ2v) is 5.12. The van der Waals surface area contributed by atoms with Gasteiger partial charge in [0.2, 0.25) is 0 Å². The van der Waals surface area contributed by atoms with Crippen LogP contribution in [0.2, 0.25) is 0 Å². The van der Waals surface area contributed by atoms with Crippen molar-refractivity contribution in [2.75, 3.05) is 0 Å². The van der Waals surface area contributed by atoms with E-state index in [1.807, 2.05) is 6.92 Å². The molecule has 0 radical (unpaired) electrons. The van der Waals surface area contributed by atoms with Gasteiger partial charge in [0, 0.05) is 12.3 Å². The minimum absolute atomic E-state index is 0.161. The van der Waals surface area contributed by atoms with Crippen LogP contribution in [0, 0.1) is 11.8 Å². The Morgan fingerprint density at radius 1 is 1.44 bits per heavy atom. The van der Waals surface area contributed by atoms with Crippen LogP contribution < -0.4 is 0 Å². The summed E-state index contributed by atoms with van der Waals surface area (Å²) in [6.45, 7) is 4.07. The van der Waals surface area contributed by atoms with E-state index in [4.69, 9.17) is 6.11 Å². The van der Waals surface area contributed by atoms with Gasteiger partial charge in [0.1, 0.15) is 5.78 Å². The molecule has 2 aliphatic rings. The molecule has 2 heteroatoms. The molecule has 1 heterocycles. The fourth-order valence-corrected chi connectivity index (χ4v) is 3.22. The number of hydrogen-bond acceptors (Lipinski definition) is 2. The van der Waals surface area contributed by atoms with Crippen LogP contribution in [0.15, 0.2) is 0 Å². The first kappa shape index (κ1) is 10.8. The van der Waals surface area contributed by atoms with Crippen LogP contribution in [0.1, 0.15) is 60.2 Å². The summed E-state index contributed by atoms with van der Waals surface area (Å²) >= 11 is 0. The normalized spacial score (nSPS) is 43.1. The fourth-order valence-electron chi connectivity index (χ4n) is 3.22. The molecule has 0 aromatic rings. The minimum Gasteiger partial charge on any atom is -0.374 e. The van der Waals surface area contributed by atoms with Gasteiger partial charge in [-0.15, -0.1) is 0 Å². The van der Waals surface area contributed by atoms with Crippen molar-refractivity contribution in [1.29, 1.82) is 0 Å². The van der Waals surface area contributed by atoms with Crippen LogP contribution in [-0.2, 0) is 9.53 Å². The zero-order chi connectivity index (χ0) is 12.5. The SMILES string of the molecule is [2H][C@]1(CC)O[C@H]2CCC[C@H]2[C@H]1C(=O)CCCC. The van der Waals surface area contributed by atoms with Crippen LogP contribution in [0.3, 0.4) is 0 Å². The molecule has 0 unspecified atom stereocenters. The van der Waals surface area contributed by atoms with Gasteiger partial charge in [-0.3, -0.25) is 4.79 Å². The van der Waals surface area contributed by atoms with Crippen LogP contribution >= 0.6 is 0 Å². The Bertz CT molecular complexity index is 292. The van der Waals surface area contributed by atoms with Crippen molar-refractivity contribution in [2.45, 2.75) is 71.0 Å². The fraction of sp³-hybridized carbons (Fsp3) is 0.929. The van der Waals surface area contributed by atoms with E-state index in [2.05, 4.69) is 6.92 Å². The van der Waals surface area contributed by atoms with Gasteiger partial charge in [0.05, 0.1) is 13.6 Å². The Morgan fingerprint density at radius 3 is 2.94 bits per heavy atom. The monoisotopic (exact) mass is 225 g/mol. The quantitative estimate of drug-likeness (QED) is 0.717. The third-order valence-electron chi connectivity index (χ3n) is 4.05. The van der Waals surface area contributed by atoms with Crippen molar-refractivity contribution in [3.05, 3.63) is 0 Å². The third-order valence-corrected chi connectivity index (χ3v) is 4.05. The number of rotatable bonds is 5. The smallest absolute Gasteiger partial charge is 0.138 e. The van der Waals surface area contributed by atoms with Gasteiger partial charge in [-0.1, -0.05) is 26.7 Å². The van der Waals surface area contributed by atoms with Gasteiger partial charge >= 0.3 is 0 Å². The second kappa shape index (κ2) is 5.31. The number of ketones is 1. The highest BCUT2D eigenvalue weighted by atomic mass is 16.5. The molecule has 1 saturated heterocycles. The molecular formula is C14H24O2. The van der Waals surface area contributed by atoms with E-state index >= 15 is 0 Å². The lowest BCUT2D eigenvalue weighted by Gasteiger charge is -2.19. The van der Waals surface area contributed by atoms with E-state index in [1.54, 1.807) is 0 Å². The van der Waals surface area contributed by atoms with Crippen LogP contribution in [0.5, 0.6) is 0 Å². The van der Waals surface area contributed by atoms with E-state index in [-0.39, 0.29) is 17.8 Å². The molecule has 0 N–H and O–H groups in total. The topological polar surface area (TPSA) is 26.3 Å². The van der Waals surface area contributed by atoms with Crippen molar-refractivity contribution in [3.8, 4) is 0 Å². The van der Waals surface area contributed by atoms with E-state index in [9.17, 15) is 4.79 Å². The van der Waals surface area contributed by atoms with Gasteiger partial charge in [-0.05, 0) is 31.6 Å². The first-order valence-corrected chi connectivity index (χ1v) is 6.83. The van der Waals surface area contributed by atoms with Crippen LogP contribution in [-0.4, -0.2) is 18.0 Å². The summed E-state index contributed by atoms with van der Waals surface area (Å²) in [4.78, 5) is 12.3. The zero-order valence-corrected chi connectivity index (χ0v) is 10.5. The molecule has 0 spiro atoms. The Kier molecular flexibility index (Phi) is 3.57. The number of carbonyl (C=O) groups is 1. The Hall–Kier alpha value is -0.370. The first-order chi connectivity index (χ1) is 8.12. The molecule has 0 amide bonds. The second-order valence-electron chi connectivity index (χ2n) is 5.12. The van der Waals surface area contributed by atoms with Gasteiger partial charge in [-0.2, -0.15) is 0 Å². The number of unbranched alkanes of at least 4 members (excludes halogenated alkanes) is 1. The molecule has 1 aliphatic heterocycles. The lowest BCUT2D eigenvalue weighted by Crippen LogP contribution is -2.28. The lowest BCUT2D eigenvalue weighted by molar-refractivity contribution is -0.125. The van der Waals surface area contributed by atoms with E-state index < -0.39 is 6.08 Å². The van der Waals surface area contributed by atoms with Gasteiger partial charge in [0.25, 0.3) is 0 Å². The van der Waals surface area contributed by atoms with Crippen molar-refractivity contribution in [1.82, 2.24) is 0 Å². The Labute approximate surface area is 100 Å². The van der Waals surface area contributed by atoms with Crippen molar-refractivity contribution >= 4 is 5.78 Å². The summed E-state index contributed by atoms with van der Waals surface area (Å²) in [6.07, 6.45) is 5.79. The Morgan fingerprint density at radius 2 is 2.25 bits per heavy atom. The predicted molar refractivity (Wildman–Crippen MR) is 64.3 cm³/mol. The molecule has 16 heavy (non-hydrogen) atoms. The number of ether oxygens (including phenoxy) is 1. The molecule has 1 saturated carbocycles. The summed E-state index contributed by atoms with van der Waals surface area (Å²) in [6, 6.07) is 0. The summed E-state index contributed by atoms with van der Waals surface area (Å²) in [5.41, 5.74) is 0. The molecule has 1 aliphatic carbocycles. The average molecular weight is 225 g/mol. The molecule has 2 rings (SSSR count). The molecular weight excluding hydrogens is 200 g/mol. The van der Waals surface area contributed by atoms with E-state index in [0.29, 0.717) is 18.8 Å². The molecule has 0 aromatic carbocycles. The van der Waals surface area contributed by atoms with Crippen molar-refractivity contribution in [2.24, 2.45) is 11.8 Å². The van der Waals surface area contributed by atoms with Crippen molar-refractivity contribution < 1.29 is 10.9 Å². The maximum atomic E-state index is 12.3. The largest absolute Gasteiger partial charge is 0.374 e. The summed E-state index contributed by atoms with van der Waals surface area (Å²) in [5, 5.41) is 0. The number of fused-ring (bicyclic) bond motifs is 1. The van der Waals surface area contributed by atoms with Crippen molar-refractivity contribution in [3.63, 3.8) is 0 Å². The number of Topliss-reactive ketones (excluding diaryl/α,β-unsaturated/α-hetero) is 1. The maximum absolute atomic E-state index is 12.3. The molecule has 2 fully saturated rings. The summed E-state index contributed by atoms with van der Waals surface area (Å²) in [7, 11) is 0. The van der Waals surface area contributed by atoms with Gasteiger partial charge in [-0.25, -0.2) is 0 Å². The molecule has 92 valence electrons. The lowest BCUT2D eigenvalue weighted by atomic mass is 9.82.